The van der Waals surface area contributed by atoms with Crippen LogP contribution in [-0.2, 0) is 4.79 Å². The minimum absolute atomic E-state index is 0. The molecule has 2 rings (SSSR count). The van der Waals surface area contributed by atoms with Gasteiger partial charge in [0.15, 0.2) is 5.96 Å². The van der Waals surface area contributed by atoms with Crippen molar-refractivity contribution in [3.8, 4) is 0 Å². The summed E-state index contributed by atoms with van der Waals surface area (Å²) in [4.78, 5) is 19.1. The van der Waals surface area contributed by atoms with E-state index in [9.17, 15) is 4.79 Å². The Kier molecular flexibility index (Phi) is 11.0. The summed E-state index contributed by atoms with van der Waals surface area (Å²) in [5, 5.41) is 9.64. The van der Waals surface area contributed by atoms with Gasteiger partial charge >= 0.3 is 0 Å². The molecule has 0 bridgehead atoms. The van der Waals surface area contributed by atoms with Crippen LogP contribution in [0.4, 0.5) is 0 Å². The van der Waals surface area contributed by atoms with Crippen LogP contribution in [0.3, 0.4) is 0 Å². The number of aliphatic imine (C=N–C) groups is 1. The highest BCUT2D eigenvalue weighted by atomic mass is 127. The van der Waals surface area contributed by atoms with Crippen molar-refractivity contribution in [2.45, 2.75) is 59.0 Å². The molecule has 1 saturated heterocycles. The Morgan fingerprint density at radius 1 is 1.14 bits per heavy atom. The molecule has 29 heavy (non-hydrogen) atoms. The van der Waals surface area contributed by atoms with Gasteiger partial charge in [0, 0.05) is 18.6 Å². The zero-order chi connectivity index (χ0) is 20.6. The van der Waals surface area contributed by atoms with Crippen LogP contribution < -0.4 is 16.0 Å². The standard InChI is InChI=1S/C22H37N5O.HI/c1-6-23-21(25-16-20(28)26-22(3,4)5)24-15-19(27-13-7-8-14-27)18-11-9-17(2)10-12-18;/h9-12,19H,6-8,13-16H2,1-5H3,(H,26,28)(H2,23,24,25);1H. The Bertz CT molecular complexity index is 648. The Labute approximate surface area is 193 Å². The van der Waals surface area contributed by atoms with E-state index in [1.165, 1.54) is 24.0 Å². The van der Waals surface area contributed by atoms with Gasteiger partial charge in [-0.05, 0) is 66.1 Å². The Morgan fingerprint density at radius 3 is 2.31 bits per heavy atom. The molecule has 1 aliphatic heterocycles. The van der Waals surface area contributed by atoms with Crippen LogP contribution in [0, 0.1) is 6.92 Å². The lowest BCUT2D eigenvalue weighted by atomic mass is 10.0. The van der Waals surface area contributed by atoms with E-state index in [4.69, 9.17) is 0 Å². The number of hydrogen-bond donors (Lipinski definition) is 3. The monoisotopic (exact) mass is 515 g/mol. The highest BCUT2D eigenvalue weighted by Crippen LogP contribution is 2.24. The summed E-state index contributed by atoms with van der Waals surface area (Å²) in [6.07, 6.45) is 2.51. The fraction of sp³-hybridized carbons (Fsp3) is 0.636. The number of likely N-dealkylation sites (tertiary alicyclic amines) is 1. The average molecular weight is 515 g/mol. The summed E-state index contributed by atoms with van der Waals surface area (Å²) in [6, 6.07) is 9.10. The largest absolute Gasteiger partial charge is 0.357 e. The Balaban J connectivity index is 0.00000420. The Hall–Kier alpha value is -1.35. The summed E-state index contributed by atoms with van der Waals surface area (Å²) in [5.74, 6) is 0.613. The van der Waals surface area contributed by atoms with E-state index in [0.29, 0.717) is 12.0 Å². The number of nitrogens with zero attached hydrogens (tertiary/aromatic N) is 2. The number of aryl methyl sites for hydroxylation is 1. The van der Waals surface area contributed by atoms with E-state index < -0.39 is 0 Å². The lowest BCUT2D eigenvalue weighted by Crippen LogP contribution is -2.44. The van der Waals surface area contributed by atoms with Crippen LogP contribution in [0.5, 0.6) is 0 Å². The van der Waals surface area contributed by atoms with E-state index in [1.54, 1.807) is 0 Å². The molecule has 1 unspecified atom stereocenters. The quantitative estimate of drug-likeness (QED) is 0.297. The fourth-order valence-electron chi connectivity index (χ4n) is 3.44. The van der Waals surface area contributed by atoms with Gasteiger partial charge in [-0.1, -0.05) is 29.8 Å². The maximum Gasteiger partial charge on any atom is 0.242 e. The molecule has 1 aromatic rings. The maximum atomic E-state index is 12.1. The number of halogens is 1. The number of benzene rings is 1. The molecule has 1 amide bonds. The average Bonchev–Trinajstić information content (AvgIpc) is 3.14. The van der Waals surface area contributed by atoms with E-state index in [0.717, 1.165) is 26.2 Å². The molecule has 1 fully saturated rings. The third kappa shape index (κ3) is 9.33. The number of carbonyl (C=O) groups excluding carboxylic acids is 1. The second kappa shape index (κ2) is 12.4. The summed E-state index contributed by atoms with van der Waals surface area (Å²) >= 11 is 0. The van der Waals surface area contributed by atoms with Crippen molar-refractivity contribution >= 4 is 35.8 Å². The summed E-state index contributed by atoms with van der Waals surface area (Å²) in [5.41, 5.74) is 2.35. The van der Waals surface area contributed by atoms with Crippen LogP contribution in [0.2, 0.25) is 0 Å². The van der Waals surface area contributed by atoms with Crippen LogP contribution in [0.25, 0.3) is 0 Å². The zero-order valence-corrected chi connectivity index (χ0v) is 20.9. The topological polar surface area (TPSA) is 68.8 Å². The third-order valence-electron chi connectivity index (χ3n) is 4.75. The molecule has 1 heterocycles. The normalized spacial score (nSPS) is 16.1. The number of guanidine groups is 1. The molecule has 0 radical (unpaired) electrons. The lowest BCUT2D eigenvalue weighted by Gasteiger charge is -2.29. The lowest BCUT2D eigenvalue weighted by molar-refractivity contribution is -0.121. The van der Waals surface area contributed by atoms with Gasteiger partial charge in [0.05, 0.1) is 6.04 Å². The summed E-state index contributed by atoms with van der Waals surface area (Å²) in [6.45, 7) is 14.0. The number of nitrogens with one attached hydrogen (secondary N) is 3. The van der Waals surface area contributed by atoms with Gasteiger partial charge in [-0.2, -0.15) is 0 Å². The molecule has 0 aliphatic carbocycles. The molecule has 0 saturated carbocycles. The molecule has 0 spiro atoms. The van der Waals surface area contributed by atoms with Gasteiger partial charge in [-0.3, -0.25) is 9.69 Å². The molecule has 1 atom stereocenters. The first-order valence-electron chi connectivity index (χ1n) is 10.4. The van der Waals surface area contributed by atoms with Gasteiger partial charge in [0.1, 0.15) is 6.54 Å². The van der Waals surface area contributed by atoms with Gasteiger partial charge in [0.25, 0.3) is 0 Å². The van der Waals surface area contributed by atoms with Gasteiger partial charge < -0.3 is 16.0 Å². The molecule has 164 valence electrons. The second-order valence-electron chi connectivity index (χ2n) is 8.54. The molecule has 0 aromatic heterocycles. The SMILES string of the molecule is CCNC(=NCC(=O)NC(C)(C)C)NCC(c1ccc(C)cc1)N1CCCC1.I. The first-order chi connectivity index (χ1) is 13.3. The molecular weight excluding hydrogens is 477 g/mol. The van der Waals surface area contributed by atoms with Crippen molar-refractivity contribution in [2.75, 3.05) is 32.7 Å². The zero-order valence-electron chi connectivity index (χ0n) is 18.5. The molecule has 6 nitrogen and oxygen atoms in total. The van der Waals surface area contributed by atoms with Crippen molar-refractivity contribution in [1.82, 2.24) is 20.9 Å². The number of rotatable bonds is 7. The van der Waals surface area contributed by atoms with E-state index in [-0.39, 0.29) is 42.0 Å². The van der Waals surface area contributed by atoms with Gasteiger partial charge in [0.2, 0.25) is 5.91 Å². The summed E-state index contributed by atoms with van der Waals surface area (Å²) < 4.78 is 0. The highest BCUT2D eigenvalue weighted by Gasteiger charge is 2.23. The fourth-order valence-corrected chi connectivity index (χ4v) is 3.44. The van der Waals surface area contributed by atoms with Crippen LogP contribution >= 0.6 is 24.0 Å². The second-order valence-corrected chi connectivity index (χ2v) is 8.54. The van der Waals surface area contributed by atoms with E-state index in [2.05, 4.69) is 57.0 Å². The molecule has 7 heteroatoms. The number of hydrogen-bond acceptors (Lipinski definition) is 3. The van der Waals surface area contributed by atoms with Crippen molar-refractivity contribution in [3.63, 3.8) is 0 Å². The molecule has 1 aliphatic rings. The predicted octanol–water partition coefficient (Wildman–Crippen LogP) is 3.22. The first-order valence-corrected chi connectivity index (χ1v) is 10.4. The van der Waals surface area contributed by atoms with Crippen molar-refractivity contribution in [3.05, 3.63) is 35.4 Å². The van der Waals surface area contributed by atoms with Gasteiger partial charge in [-0.15, -0.1) is 24.0 Å². The predicted molar refractivity (Wildman–Crippen MR) is 132 cm³/mol. The van der Waals surface area contributed by atoms with E-state index >= 15 is 0 Å². The number of amides is 1. The van der Waals surface area contributed by atoms with Gasteiger partial charge in [-0.25, -0.2) is 4.99 Å². The minimum atomic E-state index is -0.245. The molecule has 1 aromatic carbocycles. The third-order valence-corrected chi connectivity index (χ3v) is 4.75. The van der Waals surface area contributed by atoms with Crippen LogP contribution in [0.15, 0.2) is 29.3 Å². The highest BCUT2D eigenvalue weighted by molar-refractivity contribution is 14.0. The van der Waals surface area contributed by atoms with Crippen molar-refractivity contribution in [1.29, 1.82) is 0 Å². The van der Waals surface area contributed by atoms with Crippen molar-refractivity contribution < 1.29 is 4.79 Å². The van der Waals surface area contributed by atoms with Crippen LogP contribution in [-0.4, -0.2) is 55.0 Å². The van der Waals surface area contributed by atoms with E-state index in [1.807, 2.05) is 27.7 Å². The maximum absolute atomic E-state index is 12.1. The summed E-state index contributed by atoms with van der Waals surface area (Å²) in [7, 11) is 0. The number of carbonyl (C=O) groups is 1. The smallest absolute Gasteiger partial charge is 0.242 e. The van der Waals surface area contributed by atoms with Crippen LogP contribution in [0.1, 0.15) is 57.7 Å². The Morgan fingerprint density at radius 2 is 1.76 bits per heavy atom. The van der Waals surface area contributed by atoms with Crippen molar-refractivity contribution in [2.24, 2.45) is 4.99 Å². The molecular formula is C22H38IN5O. The molecule has 3 N–H and O–H groups in total. The minimum Gasteiger partial charge on any atom is -0.357 e. The first kappa shape index (κ1) is 25.7.